The van der Waals surface area contributed by atoms with Crippen LogP contribution in [-0.4, -0.2) is 18.6 Å². The minimum Gasteiger partial charge on any atom is -0.690 e. The number of hydrogen-bond donors (Lipinski definition) is 0. The lowest BCUT2D eigenvalue weighted by Gasteiger charge is -2.17. The van der Waals surface area contributed by atoms with E-state index in [1.165, 1.54) is 6.08 Å². The van der Waals surface area contributed by atoms with E-state index in [-0.39, 0.29) is 5.97 Å². The second kappa shape index (κ2) is 2.37. The topological polar surface area (TPSA) is 40.4 Å². The van der Waals surface area contributed by atoms with Crippen LogP contribution in [0, 0.1) is 0 Å². The Balaban J connectivity index is 2.21. The second-order valence-corrected chi connectivity index (χ2v) is 3.07. The van der Waals surface area contributed by atoms with Crippen molar-refractivity contribution in [3.05, 3.63) is 29.2 Å². The molecule has 0 aromatic heterocycles. The number of nitrogens with zero attached hydrogens (tertiary/aromatic N) is 1. The van der Waals surface area contributed by atoms with Gasteiger partial charge in [-0.15, -0.1) is 7.05 Å². The summed E-state index contributed by atoms with van der Waals surface area (Å²) in [6.07, 6.45) is 6.95. The second-order valence-electron chi connectivity index (χ2n) is 3.07. The number of hydrogen-bond acceptors (Lipinski definition) is 2. The van der Waals surface area contributed by atoms with Gasteiger partial charge in [0.25, 0.3) is 0 Å². The van der Waals surface area contributed by atoms with E-state index in [0.717, 1.165) is 18.5 Å². The van der Waals surface area contributed by atoms with Gasteiger partial charge in [-0.2, -0.15) is 5.70 Å². The van der Waals surface area contributed by atoms with E-state index in [2.05, 4.69) is 5.32 Å². The Morgan fingerprint density at radius 2 is 2.50 bits per heavy atom. The normalized spacial score (nSPS) is 32.4. The maximum Gasteiger partial charge on any atom is 0.331 e. The predicted octanol–water partition coefficient (Wildman–Crippen LogP) is 1.52. The van der Waals surface area contributed by atoms with E-state index in [0.29, 0.717) is 0 Å². The minimum atomic E-state index is -0.452. The Morgan fingerprint density at radius 1 is 1.67 bits per heavy atom. The van der Waals surface area contributed by atoms with Gasteiger partial charge in [-0.3, -0.25) is 0 Å². The highest BCUT2D eigenvalue weighted by Crippen LogP contribution is 2.37. The zero-order valence-electron chi connectivity index (χ0n) is 6.91. The van der Waals surface area contributed by atoms with Gasteiger partial charge in [0, 0.05) is 6.08 Å². The first-order valence-electron chi connectivity index (χ1n) is 3.98. The number of rotatable bonds is 1. The Kier molecular flexibility index (Phi) is 1.46. The summed E-state index contributed by atoms with van der Waals surface area (Å²) in [5, 5.41) is 4.07. The Bertz CT molecular complexity index is 280. The molecule has 3 heteroatoms. The largest absolute Gasteiger partial charge is 0.690 e. The van der Waals surface area contributed by atoms with Crippen molar-refractivity contribution in [2.75, 3.05) is 7.05 Å². The first-order chi connectivity index (χ1) is 5.74. The van der Waals surface area contributed by atoms with Crippen LogP contribution in [0.25, 0.3) is 5.32 Å². The molecule has 0 N–H and O–H groups in total. The van der Waals surface area contributed by atoms with E-state index >= 15 is 0 Å². The first kappa shape index (κ1) is 7.40. The zero-order chi connectivity index (χ0) is 8.60. The fourth-order valence-corrected chi connectivity index (χ4v) is 1.60. The maximum atomic E-state index is 10.8. The molecule has 0 saturated carbocycles. The predicted molar refractivity (Wildman–Crippen MR) is 44.6 cm³/mol. The lowest BCUT2D eigenvalue weighted by molar-refractivity contribution is -0.142. The standard InChI is InChI=1S/C9H10NO2/c1-10-7-2-4-9(6-7)5-3-8(11)12-9/h3,5-6H,2,4H2,1H3/q-1. The van der Waals surface area contributed by atoms with E-state index in [4.69, 9.17) is 4.74 Å². The number of ether oxygens (including phenoxy) is 1. The molecule has 64 valence electrons. The summed E-state index contributed by atoms with van der Waals surface area (Å²) in [6.45, 7) is 0. The Morgan fingerprint density at radius 3 is 3.00 bits per heavy atom. The van der Waals surface area contributed by atoms with Crippen molar-refractivity contribution in [1.29, 1.82) is 0 Å². The summed E-state index contributed by atoms with van der Waals surface area (Å²) in [6, 6.07) is 0. The molecule has 0 amide bonds. The van der Waals surface area contributed by atoms with Crippen LogP contribution >= 0.6 is 0 Å². The van der Waals surface area contributed by atoms with Gasteiger partial charge in [0.2, 0.25) is 0 Å². The molecule has 0 fully saturated rings. The fraction of sp³-hybridized carbons (Fsp3) is 0.444. The van der Waals surface area contributed by atoms with Gasteiger partial charge in [0.15, 0.2) is 0 Å². The first-order valence-corrected chi connectivity index (χ1v) is 3.98. The van der Waals surface area contributed by atoms with Crippen molar-refractivity contribution in [2.24, 2.45) is 0 Å². The molecular weight excluding hydrogens is 154 g/mol. The van der Waals surface area contributed by atoms with Gasteiger partial charge >= 0.3 is 5.97 Å². The summed E-state index contributed by atoms with van der Waals surface area (Å²) in [5.41, 5.74) is 0.570. The Hall–Kier alpha value is -1.25. The van der Waals surface area contributed by atoms with Crippen LogP contribution in [0.3, 0.4) is 0 Å². The van der Waals surface area contributed by atoms with Crippen molar-refractivity contribution < 1.29 is 9.53 Å². The van der Waals surface area contributed by atoms with Crippen molar-refractivity contribution in [1.82, 2.24) is 0 Å². The molecule has 12 heavy (non-hydrogen) atoms. The third-order valence-corrected chi connectivity index (χ3v) is 2.26. The highest BCUT2D eigenvalue weighted by atomic mass is 16.6. The monoisotopic (exact) mass is 164 g/mol. The molecule has 2 aliphatic rings. The van der Waals surface area contributed by atoms with Crippen LogP contribution in [0.15, 0.2) is 23.9 Å². The average Bonchev–Trinajstić information content (AvgIpc) is 2.61. The maximum absolute atomic E-state index is 10.8. The molecule has 0 saturated heterocycles. The van der Waals surface area contributed by atoms with Gasteiger partial charge in [0.1, 0.15) is 5.60 Å². The fourth-order valence-electron chi connectivity index (χ4n) is 1.60. The number of carbonyl (C=O) groups is 1. The third kappa shape index (κ3) is 1.02. The molecule has 1 unspecified atom stereocenters. The lowest BCUT2D eigenvalue weighted by atomic mass is 10.1. The van der Waals surface area contributed by atoms with Crippen LogP contribution in [-0.2, 0) is 9.53 Å². The summed E-state index contributed by atoms with van der Waals surface area (Å²) < 4.78 is 5.16. The van der Waals surface area contributed by atoms with E-state index in [1.807, 2.05) is 12.2 Å². The number of esters is 1. The van der Waals surface area contributed by atoms with Crippen molar-refractivity contribution in [2.45, 2.75) is 18.4 Å². The van der Waals surface area contributed by atoms with Gasteiger partial charge in [-0.1, -0.05) is 6.08 Å². The summed E-state index contributed by atoms with van der Waals surface area (Å²) in [7, 11) is 1.76. The van der Waals surface area contributed by atoms with Crippen molar-refractivity contribution in [3.8, 4) is 0 Å². The zero-order valence-corrected chi connectivity index (χ0v) is 6.91. The van der Waals surface area contributed by atoms with Crippen LogP contribution in [0.4, 0.5) is 0 Å². The smallest absolute Gasteiger partial charge is 0.331 e. The Labute approximate surface area is 71.1 Å². The minimum absolute atomic E-state index is 0.247. The van der Waals surface area contributed by atoms with E-state index < -0.39 is 5.60 Å². The summed E-state index contributed by atoms with van der Waals surface area (Å²) >= 11 is 0. The highest BCUT2D eigenvalue weighted by molar-refractivity contribution is 5.85. The molecular formula is C9H10NO2-. The van der Waals surface area contributed by atoms with Gasteiger partial charge in [0.05, 0.1) is 0 Å². The SMILES string of the molecule is C[N-]C1=CC2(C=CC(=O)O2)CC1. The van der Waals surface area contributed by atoms with Crippen LogP contribution in [0.1, 0.15) is 12.8 Å². The van der Waals surface area contributed by atoms with Crippen LogP contribution < -0.4 is 0 Å². The molecule has 0 radical (unpaired) electrons. The third-order valence-electron chi connectivity index (χ3n) is 2.26. The molecule has 1 aliphatic heterocycles. The van der Waals surface area contributed by atoms with E-state index in [9.17, 15) is 4.79 Å². The molecule has 1 aliphatic carbocycles. The number of carbonyl (C=O) groups excluding carboxylic acids is 1. The summed E-state index contributed by atoms with van der Waals surface area (Å²) in [4.78, 5) is 10.8. The highest BCUT2D eigenvalue weighted by Gasteiger charge is 2.35. The van der Waals surface area contributed by atoms with Crippen LogP contribution in [0.2, 0.25) is 0 Å². The molecule has 2 rings (SSSR count). The van der Waals surface area contributed by atoms with Gasteiger partial charge in [-0.25, -0.2) is 4.79 Å². The molecule has 1 atom stereocenters. The van der Waals surface area contributed by atoms with E-state index in [1.54, 1.807) is 7.05 Å². The number of allylic oxidation sites excluding steroid dienone is 1. The molecule has 3 nitrogen and oxygen atoms in total. The molecule has 0 aromatic rings. The molecule has 0 bridgehead atoms. The summed E-state index contributed by atoms with van der Waals surface area (Å²) in [5.74, 6) is -0.247. The van der Waals surface area contributed by atoms with Gasteiger partial charge < -0.3 is 10.1 Å². The lowest BCUT2D eigenvalue weighted by Crippen LogP contribution is -2.22. The van der Waals surface area contributed by atoms with Crippen LogP contribution in [0.5, 0.6) is 0 Å². The van der Waals surface area contributed by atoms with Crippen molar-refractivity contribution in [3.63, 3.8) is 0 Å². The average molecular weight is 164 g/mol. The molecule has 0 aromatic carbocycles. The molecule has 1 heterocycles. The quantitative estimate of drug-likeness (QED) is 0.551. The molecule has 1 spiro atoms. The van der Waals surface area contributed by atoms with Gasteiger partial charge in [-0.05, 0) is 18.9 Å². The van der Waals surface area contributed by atoms with Crippen molar-refractivity contribution >= 4 is 5.97 Å².